The van der Waals surface area contributed by atoms with Gasteiger partial charge in [-0.15, -0.1) is 5.10 Å². The van der Waals surface area contributed by atoms with E-state index in [9.17, 15) is 0 Å². The lowest BCUT2D eigenvalue weighted by Gasteiger charge is -2.17. The average molecular weight is 311 g/mol. The highest BCUT2D eigenvalue weighted by Crippen LogP contribution is 2.27. The Bertz CT molecular complexity index is 564. The zero-order valence-electron chi connectivity index (χ0n) is 10.8. The number of nitrogens with zero attached hydrogens (tertiary/aromatic N) is 5. The van der Waals surface area contributed by atoms with E-state index in [0.717, 1.165) is 5.69 Å². The Hall–Kier alpha value is -1.50. The van der Waals surface area contributed by atoms with Gasteiger partial charge in [-0.3, -0.25) is 0 Å². The van der Waals surface area contributed by atoms with E-state index in [-0.39, 0.29) is 5.41 Å². The van der Waals surface area contributed by atoms with Crippen molar-refractivity contribution in [1.82, 2.24) is 25.0 Å². The molecule has 0 fully saturated rings. The Morgan fingerprint density at radius 3 is 2.44 bits per heavy atom. The fraction of sp³-hybridized carbons (Fsp3) is 0.455. The molecule has 0 radical (unpaired) electrons. The van der Waals surface area contributed by atoms with Crippen molar-refractivity contribution in [3.8, 4) is 11.4 Å². The summed E-state index contributed by atoms with van der Waals surface area (Å²) in [5.41, 5.74) is 7.18. The molecule has 96 valence electrons. The monoisotopic (exact) mass is 310 g/mol. The second-order valence-corrected chi connectivity index (χ2v) is 5.86. The molecule has 0 aromatic carbocycles. The Morgan fingerprint density at radius 1 is 1.28 bits per heavy atom. The molecule has 0 aliphatic rings. The summed E-state index contributed by atoms with van der Waals surface area (Å²) in [6.45, 7) is 6.13. The first-order valence-electron chi connectivity index (χ1n) is 5.49. The number of nitrogens with two attached hydrogens (primary N) is 1. The number of rotatable bonds is 1. The van der Waals surface area contributed by atoms with Crippen LogP contribution in [0.3, 0.4) is 0 Å². The average Bonchev–Trinajstić information content (AvgIpc) is 2.56. The van der Waals surface area contributed by atoms with Crippen molar-refractivity contribution in [2.75, 3.05) is 5.73 Å². The third-order valence-electron chi connectivity index (χ3n) is 2.45. The van der Waals surface area contributed by atoms with Crippen molar-refractivity contribution in [3.05, 3.63) is 16.5 Å². The zero-order chi connectivity index (χ0) is 13.5. The van der Waals surface area contributed by atoms with Crippen LogP contribution in [0.1, 0.15) is 26.6 Å². The van der Waals surface area contributed by atoms with E-state index in [1.807, 2.05) is 27.8 Å². The molecule has 0 bridgehead atoms. The van der Waals surface area contributed by atoms with Crippen LogP contribution in [0.25, 0.3) is 11.4 Å². The molecule has 2 N–H and O–H groups in total. The molecule has 2 heterocycles. The molecule has 0 saturated carbocycles. The summed E-state index contributed by atoms with van der Waals surface area (Å²) in [6.07, 6.45) is 0. The van der Waals surface area contributed by atoms with Crippen LogP contribution in [-0.2, 0) is 12.5 Å². The minimum absolute atomic E-state index is 0.164. The number of aryl methyl sites for hydroxylation is 1. The van der Waals surface area contributed by atoms with E-state index in [2.05, 4.69) is 36.2 Å². The van der Waals surface area contributed by atoms with Crippen LogP contribution in [0.4, 0.5) is 5.82 Å². The highest BCUT2D eigenvalue weighted by atomic mass is 79.9. The fourth-order valence-corrected chi connectivity index (χ4v) is 2.06. The summed E-state index contributed by atoms with van der Waals surface area (Å²) < 4.78 is 2.29. The zero-order valence-corrected chi connectivity index (χ0v) is 12.4. The quantitative estimate of drug-likeness (QED) is 0.870. The molecule has 2 rings (SSSR count). The molecular weight excluding hydrogens is 296 g/mol. The smallest absolute Gasteiger partial charge is 0.157 e. The predicted molar refractivity (Wildman–Crippen MR) is 72.8 cm³/mol. The molecule has 0 aliphatic carbocycles. The summed E-state index contributed by atoms with van der Waals surface area (Å²) in [4.78, 5) is 8.82. The number of aromatic nitrogens is 5. The Labute approximate surface area is 114 Å². The maximum Gasteiger partial charge on any atom is 0.157 e. The van der Waals surface area contributed by atoms with Gasteiger partial charge in [0.1, 0.15) is 17.3 Å². The minimum atomic E-state index is -0.164. The molecular formula is C11H15BrN6. The van der Waals surface area contributed by atoms with Gasteiger partial charge in [0.15, 0.2) is 4.60 Å². The third-order valence-corrected chi connectivity index (χ3v) is 2.98. The molecule has 0 unspecified atom stereocenters. The Kier molecular flexibility index (Phi) is 3.10. The summed E-state index contributed by atoms with van der Waals surface area (Å²) >= 11 is 3.36. The van der Waals surface area contributed by atoms with Crippen LogP contribution in [-0.4, -0.2) is 25.0 Å². The van der Waals surface area contributed by atoms with Crippen molar-refractivity contribution in [1.29, 1.82) is 0 Å². The van der Waals surface area contributed by atoms with Crippen LogP contribution in [0.5, 0.6) is 0 Å². The van der Waals surface area contributed by atoms with Crippen LogP contribution in [0.15, 0.2) is 10.7 Å². The number of hydrogen-bond acceptors (Lipinski definition) is 5. The summed E-state index contributed by atoms with van der Waals surface area (Å²) in [7, 11) is 1.81. The number of halogens is 1. The highest BCUT2D eigenvalue weighted by Gasteiger charge is 2.21. The summed E-state index contributed by atoms with van der Waals surface area (Å²) in [6, 6.07) is 1.72. The van der Waals surface area contributed by atoms with Crippen molar-refractivity contribution in [2.45, 2.75) is 26.2 Å². The molecule has 0 spiro atoms. The molecule has 0 saturated heterocycles. The number of nitrogen functional groups attached to an aromatic ring is 1. The van der Waals surface area contributed by atoms with E-state index in [1.54, 1.807) is 10.7 Å². The Balaban J connectivity index is 2.63. The van der Waals surface area contributed by atoms with Gasteiger partial charge in [0.05, 0.1) is 5.69 Å². The van der Waals surface area contributed by atoms with Crippen LogP contribution < -0.4 is 5.73 Å². The fourth-order valence-electron chi connectivity index (χ4n) is 1.53. The maximum atomic E-state index is 5.85. The van der Waals surface area contributed by atoms with Gasteiger partial charge in [-0.25, -0.2) is 14.6 Å². The largest absolute Gasteiger partial charge is 0.384 e. The molecule has 6 nitrogen and oxygen atoms in total. The molecule has 18 heavy (non-hydrogen) atoms. The first-order valence-corrected chi connectivity index (χ1v) is 6.29. The maximum absolute atomic E-state index is 5.85. The van der Waals surface area contributed by atoms with E-state index >= 15 is 0 Å². The van der Waals surface area contributed by atoms with E-state index in [4.69, 9.17) is 5.73 Å². The number of hydrogen-bond donors (Lipinski definition) is 1. The second-order valence-electron chi connectivity index (χ2n) is 5.10. The van der Waals surface area contributed by atoms with Crippen molar-refractivity contribution in [3.63, 3.8) is 0 Å². The lowest BCUT2D eigenvalue weighted by molar-refractivity contribution is 0.546. The van der Waals surface area contributed by atoms with Gasteiger partial charge in [-0.1, -0.05) is 26.0 Å². The second kappa shape index (κ2) is 4.31. The van der Waals surface area contributed by atoms with E-state index in [0.29, 0.717) is 21.9 Å². The summed E-state index contributed by atoms with van der Waals surface area (Å²) in [5, 5.41) is 7.88. The molecule has 2 aromatic rings. The molecule has 0 atom stereocenters. The van der Waals surface area contributed by atoms with Crippen LogP contribution >= 0.6 is 15.9 Å². The van der Waals surface area contributed by atoms with Gasteiger partial charge in [-0.2, -0.15) is 0 Å². The van der Waals surface area contributed by atoms with Crippen molar-refractivity contribution < 1.29 is 0 Å². The van der Waals surface area contributed by atoms with Crippen LogP contribution in [0.2, 0.25) is 0 Å². The molecule has 0 amide bonds. The minimum Gasteiger partial charge on any atom is -0.384 e. The number of anilines is 1. The topological polar surface area (TPSA) is 82.5 Å². The lowest BCUT2D eigenvalue weighted by atomic mass is 9.95. The van der Waals surface area contributed by atoms with Crippen molar-refractivity contribution in [2.24, 2.45) is 7.05 Å². The molecule has 0 aliphatic heterocycles. The molecule has 2 aromatic heterocycles. The first kappa shape index (κ1) is 12.9. The summed E-state index contributed by atoms with van der Waals surface area (Å²) in [5.74, 6) is 1.14. The van der Waals surface area contributed by atoms with Gasteiger partial charge in [0, 0.05) is 18.5 Å². The SMILES string of the molecule is Cn1nnc(Br)c1-c1cc(N)nc(C(C)(C)C)n1. The first-order chi connectivity index (χ1) is 8.29. The standard InChI is InChI=1S/C11H15BrN6/c1-11(2,3)10-14-6(5-7(13)15-10)8-9(12)16-17-18(8)4/h5H,1-4H3,(H2,13,14,15). The van der Waals surface area contributed by atoms with E-state index < -0.39 is 0 Å². The lowest BCUT2D eigenvalue weighted by Crippen LogP contribution is -2.17. The van der Waals surface area contributed by atoms with E-state index in [1.165, 1.54) is 0 Å². The van der Waals surface area contributed by atoms with Crippen LogP contribution in [0, 0.1) is 0 Å². The van der Waals surface area contributed by atoms with Gasteiger partial charge >= 0.3 is 0 Å². The Morgan fingerprint density at radius 2 is 1.94 bits per heavy atom. The third kappa shape index (κ3) is 2.35. The van der Waals surface area contributed by atoms with Gasteiger partial charge < -0.3 is 5.73 Å². The highest BCUT2D eigenvalue weighted by molar-refractivity contribution is 9.10. The molecule has 7 heteroatoms. The van der Waals surface area contributed by atoms with Gasteiger partial charge in [-0.05, 0) is 15.9 Å². The normalized spacial score (nSPS) is 11.8. The van der Waals surface area contributed by atoms with Gasteiger partial charge in [0.25, 0.3) is 0 Å². The van der Waals surface area contributed by atoms with Crippen molar-refractivity contribution >= 4 is 21.7 Å². The van der Waals surface area contributed by atoms with Gasteiger partial charge in [0.2, 0.25) is 0 Å². The predicted octanol–water partition coefficient (Wildman–Crippen LogP) is 1.91.